The molecular weight excluding hydrogens is 340 g/mol. The number of hydrogen-bond donors (Lipinski definition) is 1. The number of anilines is 1. The number of ether oxygens (including phenoxy) is 1. The van der Waals surface area contributed by atoms with Gasteiger partial charge in [0.1, 0.15) is 5.82 Å². The van der Waals surface area contributed by atoms with Crippen molar-refractivity contribution in [3.8, 4) is 0 Å². The molecule has 0 aromatic carbocycles. The van der Waals surface area contributed by atoms with Gasteiger partial charge in [0.05, 0.1) is 12.7 Å². The van der Waals surface area contributed by atoms with Crippen LogP contribution < -0.4 is 10.2 Å². The lowest BCUT2D eigenvalue weighted by Crippen LogP contribution is -2.41. The van der Waals surface area contributed by atoms with Gasteiger partial charge in [-0.3, -0.25) is 4.79 Å². The molecule has 0 unspecified atom stereocenters. The molecule has 0 saturated carbocycles. The molecule has 0 aliphatic carbocycles. The summed E-state index contributed by atoms with van der Waals surface area (Å²) >= 11 is 0. The fourth-order valence-electron chi connectivity index (χ4n) is 4.34. The molecule has 3 heterocycles. The zero-order valence-corrected chi connectivity index (χ0v) is 17.0. The second kappa shape index (κ2) is 9.51. The van der Waals surface area contributed by atoms with Crippen LogP contribution in [0.25, 0.3) is 0 Å². The Hall–Kier alpha value is -1.66. The summed E-state index contributed by atoms with van der Waals surface area (Å²) in [7, 11) is 0. The van der Waals surface area contributed by atoms with E-state index in [-0.39, 0.29) is 12.0 Å². The van der Waals surface area contributed by atoms with Crippen molar-refractivity contribution in [3.63, 3.8) is 0 Å². The number of aromatic nitrogens is 1. The molecule has 3 rings (SSSR count). The van der Waals surface area contributed by atoms with Crippen LogP contribution in [0.15, 0.2) is 18.3 Å². The second-order valence-electron chi connectivity index (χ2n) is 8.35. The lowest BCUT2D eigenvalue weighted by atomic mass is 9.92. The zero-order valence-electron chi connectivity index (χ0n) is 17.0. The zero-order chi connectivity index (χ0) is 19.2. The third-order valence-electron chi connectivity index (χ3n) is 5.45. The molecule has 2 saturated heterocycles. The molecule has 0 spiro atoms. The van der Waals surface area contributed by atoms with Gasteiger partial charge < -0.3 is 19.9 Å². The number of piperidine rings is 1. The molecule has 1 N–H and O–H groups in total. The molecular formula is C21H34N4O2. The summed E-state index contributed by atoms with van der Waals surface area (Å²) < 4.78 is 5.58. The number of nitrogens with one attached hydrogen (secondary N) is 1. The highest BCUT2D eigenvalue weighted by Crippen LogP contribution is 2.21. The molecule has 3 atom stereocenters. The Balaban J connectivity index is 1.45. The number of morpholine rings is 1. The van der Waals surface area contributed by atoms with Crippen molar-refractivity contribution >= 4 is 11.7 Å². The van der Waals surface area contributed by atoms with Crippen LogP contribution in [0, 0.1) is 11.8 Å². The second-order valence-corrected chi connectivity index (χ2v) is 8.35. The molecule has 1 amide bonds. The van der Waals surface area contributed by atoms with Crippen LogP contribution in [-0.2, 0) is 4.74 Å². The number of pyridine rings is 1. The SMILES string of the molecule is C[C@@H]1C[C@@H](C)CN(CCCNC(=O)c2ccnc(N3CCO[C@H](C)C3)c2)C1. The van der Waals surface area contributed by atoms with E-state index in [1.165, 1.54) is 19.5 Å². The first-order valence-corrected chi connectivity index (χ1v) is 10.3. The van der Waals surface area contributed by atoms with Gasteiger partial charge in [0.2, 0.25) is 0 Å². The minimum Gasteiger partial charge on any atom is -0.375 e. The normalized spacial score (nSPS) is 26.8. The quantitative estimate of drug-likeness (QED) is 0.775. The molecule has 2 fully saturated rings. The molecule has 6 nitrogen and oxygen atoms in total. The summed E-state index contributed by atoms with van der Waals surface area (Å²) in [4.78, 5) is 21.7. The maximum Gasteiger partial charge on any atom is 0.251 e. The van der Waals surface area contributed by atoms with Crippen molar-refractivity contribution in [2.45, 2.75) is 39.7 Å². The van der Waals surface area contributed by atoms with Gasteiger partial charge in [-0.25, -0.2) is 4.98 Å². The Bertz CT molecular complexity index is 614. The average Bonchev–Trinajstić information content (AvgIpc) is 2.64. The highest BCUT2D eigenvalue weighted by atomic mass is 16.5. The third-order valence-corrected chi connectivity index (χ3v) is 5.45. The molecule has 1 aromatic heterocycles. The number of nitrogens with zero attached hydrogens (tertiary/aromatic N) is 3. The molecule has 6 heteroatoms. The topological polar surface area (TPSA) is 57.7 Å². The average molecular weight is 375 g/mol. The molecule has 0 bridgehead atoms. The number of carbonyl (C=O) groups is 1. The van der Waals surface area contributed by atoms with Crippen LogP contribution in [0.1, 0.15) is 44.0 Å². The van der Waals surface area contributed by atoms with Gasteiger partial charge in [0, 0.05) is 44.5 Å². The lowest BCUT2D eigenvalue weighted by molar-refractivity contribution is 0.0529. The third kappa shape index (κ3) is 5.91. The van der Waals surface area contributed by atoms with Crippen LogP contribution >= 0.6 is 0 Å². The number of rotatable bonds is 6. The molecule has 0 radical (unpaired) electrons. The fourth-order valence-corrected chi connectivity index (χ4v) is 4.34. The predicted molar refractivity (Wildman–Crippen MR) is 108 cm³/mol. The number of carbonyl (C=O) groups excluding carboxylic acids is 1. The summed E-state index contributed by atoms with van der Waals surface area (Å²) in [6, 6.07) is 3.68. The van der Waals surface area contributed by atoms with Gasteiger partial charge in [-0.05, 0) is 50.3 Å². The molecule has 2 aliphatic heterocycles. The van der Waals surface area contributed by atoms with E-state index >= 15 is 0 Å². The van der Waals surface area contributed by atoms with E-state index in [9.17, 15) is 4.79 Å². The Kier molecular flexibility index (Phi) is 7.07. The van der Waals surface area contributed by atoms with Crippen LogP contribution in [0.3, 0.4) is 0 Å². The van der Waals surface area contributed by atoms with Crippen LogP contribution in [0.2, 0.25) is 0 Å². The van der Waals surface area contributed by atoms with E-state index in [1.54, 1.807) is 12.3 Å². The molecule has 150 valence electrons. The summed E-state index contributed by atoms with van der Waals surface area (Å²) in [6.07, 6.45) is 4.24. The van der Waals surface area contributed by atoms with Crippen LogP contribution in [0.5, 0.6) is 0 Å². The predicted octanol–water partition coefficient (Wildman–Crippen LogP) is 2.40. The fraction of sp³-hybridized carbons (Fsp3) is 0.714. The van der Waals surface area contributed by atoms with E-state index in [1.807, 2.05) is 6.07 Å². The van der Waals surface area contributed by atoms with Crippen molar-refractivity contribution in [2.24, 2.45) is 11.8 Å². The Morgan fingerprint density at radius 3 is 2.78 bits per heavy atom. The Morgan fingerprint density at radius 2 is 2.04 bits per heavy atom. The van der Waals surface area contributed by atoms with Gasteiger partial charge in [0.15, 0.2) is 0 Å². The van der Waals surface area contributed by atoms with Crippen molar-refractivity contribution in [1.29, 1.82) is 0 Å². The van der Waals surface area contributed by atoms with E-state index in [0.717, 1.165) is 43.7 Å². The van der Waals surface area contributed by atoms with Crippen molar-refractivity contribution in [3.05, 3.63) is 23.9 Å². The first-order valence-electron chi connectivity index (χ1n) is 10.3. The van der Waals surface area contributed by atoms with Crippen LogP contribution in [0.4, 0.5) is 5.82 Å². The molecule has 1 aromatic rings. The minimum absolute atomic E-state index is 0.0136. The van der Waals surface area contributed by atoms with E-state index in [4.69, 9.17) is 4.74 Å². The van der Waals surface area contributed by atoms with E-state index in [0.29, 0.717) is 18.7 Å². The summed E-state index contributed by atoms with van der Waals surface area (Å²) in [5.74, 6) is 2.40. The summed E-state index contributed by atoms with van der Waals surface area (Å²) in [5, 5.41) is 3.06. The van der Waals surface area contributed by atoms with Crippen molar-refractivity contribution in [1.82, 2.24) is 15.2 Å². The van der Waals surface area contributed by atoms with E-state index < -0.39 is 0 Å². The highest BCUT2D eigenvalue weighted by molar-refractivity contribution is 5.94. The first-order chi connectivity index (χ1) is 13.0. The standard InChI is InChI=1S/C21H34N4O2/c1-16-11-17(2)14-24(13-16)8-4-6-23-21(26)19-5-7-22-20(12-19)25-9-10-27-18(3)15-25/h5,7,12,16-18H,4,6,8-11,13-15H2,1-3H3,(H,23,26)/t16-,17-,18-/m1/s1. The Morgan fingerprint density at radius 1 is 1.26 bits per heavy atom. The van der Waals surface area contributed by atoms with Crippen molar-refractivity contribution < 1.29 is 9.53 Å². The highest BCUT2D eigenvalue weighted by Gasteiger charge is 2.21. The Labute approximate surface area is 163 Å². The number of amides is 1. The maximum absolute atomic E-state index is 12.5. The van der Waals surface area contributed by atoms with Crippen molar-refractivity contribution in [2.75, 3.05) is 50.8 Å². The van der Waals surface area contributed by atoms with Gasteiger partial charge in [-0.15, -0.1) is 0 Å². The van der Waals surface area contributed by atoms with Gasteiger partial charge >= 0.3 is 0 Å². The first kappa shape index (κ1) is 20.1. The molecule has 2 aliphatic rings. The lowest BCUT2D eigenvalue weighted by Gasteiger charge is -2.34. The summed E-state index contributed by atoms with van der Waals surface area (Å²) in [5.41, 5.74) is 0.680. The van der Waals surface area contributed by atoms with Gasteiger partial charge in [0.25, 0.3) is 5.91 Å². The monoisotopic (exact) mass is 374 g/mol. The maximum atomic E-state index is 12.5. The summed E-state index contributed by atoms with van der Waals surface area (Å²) in [6.45, 7) is 13.2. The van der Waals surface area contributed by atoms with E-state index in [2.05, 4.69) is 40.9 Å². The minimum atomic E-state index is -0.0136. The van der Waals surface area contributed by atoms with Gasteiger partial charge in [-0.2, -0.15) is 0 Å². The van der Waals surface area contributed by atoms with Crippen LogP contribution in [-0.4, -0.2) is 67.8 Å². The number of hydrogen-bond acceptors (Lipinski definition) is 5. The largest absolute Gasteiger partial charge is 0.375 e. The molecule has 27 heavy (non-hydrogen) atoms. The smallest absolute Gasteiger partial charge is 0.251 e. The number of likely N-dealkylation sites (tertiary alicyclic amines) is 1. The van der Waals surface area contributed by atoms with Gasteiger partial charge in [-0.1, -0.05) is 13.8 Å².